The van der Waals surface area contributed by atoms with E-state index in [4.69, 9.17) is 11.5 Å². The highest BCUT2D eigenvalue weighted by molar-refractivity contribution is 6.00. The van der Waals surface area contributed by atoms with E-state index in [0.29, 0.717) is 19.4 Å². The van der Waals surface area contributed by atoms with Gasteiger partial charge in [-0.3, -0.25) is 9.59 Å². The van der Waals surface area contributed by atoms with Crippen molar-refractivity contribution in [2.45, 2.75) is 26.7 Å². The van der Waals surface area contributed by atoms with E-state index >= 15 is 0 Å². The molecule has 2 N–H and O–H groups in total. The van der Waals surface area contributed by atoms with E-state index in [1.165, 1.54) is 13.8 Å². The van der Waals surface area contributed by atoms with Gasteiger partial charge in [-0.1, -0.05) is 0 Å². The predicted molar refractivity (Wildman–Crippen MR) is 52.5 cm³/mol. The number of carboxylic acids is 1. The Morgan fingerprint density at radius 1 is 1.50 bits per heavy atom. The normalized spacial score (nSPS) is 10.4. The highest BCUT2D eigenvalue weighted by Gasteiger charge is 2.35. The molecule has 0 spiro atoms. The van der Waals surface area contributed by atoms with E-state index < -0.39 is 17.3 Å². The van der Waals surface area contributed by atoms with Gasteiger partial charge in [0.05, 0.1) is 0 Å². The molecule has 14 heavy (non-hydrogen) atoms. The maximum Gasteiger partial charge on any atom is 0.318 e. The first-order chi connectivity index (χ1) is 6.42. The smallest absolute Gasteiger partial charge is 0.318 e. The zero-order valence-corrected chi connectivity index (χ0v) is 8.46. The van der Waals surface area contributed by atoms with Gasteiger partial charge in [0.1, 0.15) is 5.41 Å². The monoisotopic (exact) mass is 197 g/mol. The molecule has 0 aliphatic carbocycles. The third kappa shape index (κ3) is 3.48. The molecule has 4 heteroatoms. The van der Waals surface area contributed by atoms with Crippen molar-refractivity contribution in [2.75, 3.05) is 6.54 Å². The molecule has 4 nitrogen and oxygen atoms in total. The van der Waals surface area contributed by atoms with Gasteiger partial charge >= 0.3 is 5.97 Å². The Kier molecular flexibility index (Phi) is 4.71. The molecule has 0 saturated carbocycles. The van der Waals surface area contributed by atoms with Gasteiger partial charge in [0.15, 0.2) is 0 Å². The van der Waals surface area contributed by atoms with Gasteiger partial charge in [-0.05, 0) is 20.3 Å². The summed E-state index contributed by atoms with van der Waals surface area (Å²) in [5.41, 5.74) is -1.38. The van der Waals surface area contributed by atoms with Crippen LogP contribution in [-0.4, -0.2) is 23.5 Å². The fraction of sp³-hybridized carbons (Fsp3) is 0.600. The van der Waals surface area contributed by atoms with E-state index in [2.05, 4.69) is 11.2 Å². The molecule has 0 aliphatic heterocycles. The lowest BCUT2D eigenvalue weighted by Crippen LogP contribution is -2.42. The van der Waals surface area contributed by atoms with Crippen molar-refractivity contribution in [3.05, 3.63) is 0 Å². The van der Waals surface area contributed by atoms with Gasteiger partial charge in [-0.25, -0.2) is 0 Å². The molecule has 0 radical (unpaired) electrons. The molecule has 0 aromatic rings. The van der Waals surface area contributed by atoms with Crippen LogP contribution in [0.5, 0.6) is 0 Å². The molecule has 0 unspecified atom stereocenters. The third-order valence-corrected chi connectivity index (χ3v) is 1.89. The van der Waals surface area contributed by atoms with Crippen LogP contribution in [0.15, 0.2) is 0 Å². The number of amides is 1. The molecular weight excluding hydrogens is 182 g/mol. The second-order valence-corrected chi connectivity index (χ2v) is 3.49. The molecule has 0 heterocycles. The summed E-state index contributed by atoms with van der Waals surface area (Å²) in [5, 5.41) is 11.2. The Hall–Kier alpha value is -1.50. The number of hydrogen-bond acceptors (Lipinski definition) is 2. The Balaban J connectivity index is 3.97. The Morgan fingerprint density at radius 3 is 2.50 bits per heavy atom. The van der Waals surface area contributed by atoms with Crippen LogP contribution in [0, 0.1) is 17.8 Å². The molecule has 0 rings (SSSR count). The zero-order chi connectivity index (χ0) is 11.2. The Morgan fingerprint density at radius 2 is 2.07 bits per heavy atom. The van der Waals surface area contributed by atoms with Gasteiger partial charge in [0, 0.05) is 13.0 Å². The number of rotatable bonds is 5. The molecule has 0 atom stereocenters. The van der Waals surface area contributed by atoms with E-state index in [9.17, 15) is 9.59 Å². The summed E-state index contributed by atoms with van der Waals surface area (Å²) < 4.78 is 0. The van der Waals surface area contributed by atoms with Crippen LogP contribution in [0.25, 0.3) is 0 Å². The maximum atomic E-state index is 11.3. The van der Waals surface area contributed by atoms with E-state index in [-0.39, 0.29) is 0 Å². The third-order valence-electron chi connectivity index (χ3n) is 1.89. The van der Waals surface area contributed by atoms with Gasteiger partial charge < -0.3 is 10.4 Å². The quantitative estimate of drug-likeness (QED) is 0.386. The van der Waals surface area contributed by atoms with Crippen molar-refractivity contribution in [1.82, 2.24) is 5.32 Å². The number of carboxylic acid groups (broad SMARTS) is 1. The van der Waals surface area contributed by atoms with Gasteiger partial charge in [-0.2, -0.15) is 0 Å². The summed E-state index contributed by atoms with van der Waals surface area (Å²) in [6.45, 7) is 3.15. The summed E-state index contributed by atoms with van der Waals surface area (Å²) in [5.74, 6) is 0.819. The van der Waals surface area contributed by atoms with Gasteiger partial charge in [0.25, 0.3) is 0 Å². The summed E-state index contributed by atoms with van der Waals surface area (Å²) in [4.78, 5) is 22.0. The molecule has 78 valence electrons. The average molecular weight is 197 g/mol. The molecule has 0 aliphatic rings. The van der Waals surface area contributed by atoms with Crippen LogP contribution in [0.3, 0.4) is 0 Å². The van der Waals surface area contributed by atoms with Crippen LogP contribution in [0.2, 0.25) is 0 Å². The summed E-state index contributed by atoms with van der Waals surface area (Å²) >= 11 is 0. The van der Waals surface area contributed by atoms with Crippen molar-refractivity contribution >= 4 is 11.9 Å². The Bertz CT molecular complexity index is 263. The minimum absolute atomic E-state index is 0.416. The van der Waals surface area contributed by atoms with Crippen molar-refractivity contribution in [3.8, 4) is 12.3 Å². The van der Waals surface area contributed by atoms with Gasteiger partial charge in [-0.15, -0.1) is 12.3 Å². The number of carbonyl (C=O) groups excluding carboxylic acids is 1. The number of terminal acetylenes is 1. The number of hydrogen-bond donors (Lipinski definition) is 2. The van der Waals surface area contributed by atoms with Crippen LogP contribution in [-0.2, 0) is 9.59 Å². The average Bonchev–Trinajstić information content (AvgIpc) is 2.11. The first kappa shape index (κ1) is 12.5. The van der Waals surface area contributed by atoms with Gasteiger partial charge in [0.2, 0.25) is 5.91 Å². The number of carbonyl (C=O) groups is 2. The number of unbranched alkanes of at least 4 members (excludes halogenated alkanes) is 1. The fourth-order valence-corrected chi connectivity index (χ4v) is 0.710. The van der Waals surface area contributed by atoms with E-state index in [1.807, 2.05) is 0 Å². The SMILES string of the molecule is C#CCCCNC(=O)C(C)(C)C(=O)O. The number of nitrogens with one attached hydrogen (secondary N) is 1. The second-order valence-electron chi connectivity index (χ2n) is 3.49. The molecule has 0 fully saturated rings. The maximum absolute atomic E-state index is 11.3. The van der Waals surface area contributed by atoms with Crippen molar-refractivity contribution in [1.29, 1.82) is 0 Å². The summed E-state index contributed by atoms with van der Waals surface area (Å²) in [6.07, 6.45) is 6.26. The highest BCUT2D eigenvalue weighted by Crippen LogP contribution is 2.14. The zero-order valence-electron chi connectivity index (χ0n) is 8.46. The molecule has 0 bridgehead atoms. The minimum atomic E-state index is -1.38. The molecule has 0 aromatic carbocycles. The lowest BCUT2D eigenvalue weighted by Gasteiger charge is -2.17. The first-order valence-corrected chi connectivity index (χ1v) is 4.38. The summed E-state index contributed by atoms with van der Waals surface area (Å²) in [7, 11) is 0. The fourth-order valence-electron chi connectivity index (χ4n) is 0.710. The number of aliphatic carboxylic acids is 1. The van der Waals surface area contributed by atoms with Crippen LogP contribution >= 0.6 is 0 Å². The first-order valence-electron chi connectivity index (χ1n) is 4.38. The van der Waals surface area contributed by atoms with Crippen molar-refractivity contribution < 1.29 is 14.7 Å². The van der Waals surface area contributed by atoms with E-state index in [1.54, 1.807) is 0 Å². The largest absolute Gasteiger partial charge is 0.480 e. The van der Waals surface area contributed by atoms with Crippen LogP contribution in [0.4, 0.5) is 0 Å². The second kappa shape index (κ2) is 5.28. The topological polar surface area (TPSA) is 66.4 Å². The van der Waals surface area contributed by atoms with Crippen LogP contribution < -0.4 is 5.32 Å². The molecule has 0 aromatic heterocycles. The summed E-state index contributed by atoms with van der Waals surface area (Å²) in [6, 6.07) is 0. The standard InChI is InChI=1S/C10H15NO3/c1-4-5-6-7-11-8(12)10(2,3)9(13)14/h1H,5-7H2,2-3H3,(H,11,12)(H,13,14). The predicted octanol–water partition coefficient (Wildman–Crippen LogP) is 0.627. The van der Waals surface area contributed by atoms with Crippen molar-refractivity contribution in [3.63, 3.8) is 0 Å². The minimum Gasteiger partial charge on any atom is -0.480 e. The lowest BCUT2D eigenvalue weighted by atomic mass is 9.93. The van der Waals surface area contributed by atoms with E-state index in [0.717, 1.165) is 0 Å². The Labute approximate surface area is 83.7 Å². The molecule has 1 amide bonds. The lowest BCUT2D eigenvalue weighted by molar-refractivity contribution is -0.153. The molecular formula is C10H15NO3. The molecule has 0 saturated heterocycles. The van der Waals surface area contributed by atoms with Crippen molar-refractivity contribution in [2.24, 2.45) is 5.41 Å². The van der Waals surface area contributed by atoms with Crippen LogP contribution in [0.1, 0.15) is 26.7 Å². The highest BCUT2D eigenvalue weighted by atomic mass is 16.4.